The van der Waals surface area contributed by atoms with Crippen molar-refractivity contribution >= 4 is 16.8 Å². The normalized spacial score (nSPS) is 21.1. The van der Waals surface area contributed by atoms with Gasteiger partial charge < -0.3 is 14.2 Å². The second-order valence-corrected chi connectivity index (χ2v) is 5.18. The van der Waals surface area contributed by atoms with Gasteiger partial charge in [-0.25, -0.2) is 0 Å². The summed E-state index contributed by atoms with van der Waals surface area (Å²) in [6.45, 7) is 2.50. The predicted molar refractivity (Wildman–Crippen MR) is 80.4 cm³/mol. The molecule has 0 spiro atoms. The zero-order chi connectivity index (χ0) is 14.2. The van der Waals surface area contributed by atoms with Crippen molar-refractivity contribution in [2.45, 2.75) is 12.5 Å². The Morgan fingerprint density at radius 1 is 1.15 bits per heavy atom. The van der Waals surface area contributed by atoms with Gasteiger partial charge in [-0.1, -0.05) is 30.3 Å². The molecular formula is C17H18O3. The molecule has 1 heterocycles. The fourth-order valence-corrected chi connectivity index (χ4v) is 2.45. The van der Waals surface area contributed by atoms with Crippen LogP contribution in [-0.4, -0.2) is 26.4 Å². The fourth-order valence-electron chi connectivity index (χ4n) is 2.45. The fraction of sp³-hybridized carbons (Fsp3) is 0.294. The van der Waals surface area contributed by atoms with Crippen molar-refractivity contribution < 1.29 is 14.2 Å². The van der Waals surface area contributed by atoms with E-state index in [4.69, 9.17) is 14.2 Å². The Balaban J connectivity index is 2.22. The summed E-state index contributed by atoms with van der Waals surface area (Å²) in [5.74, 6) is 1.74. The standard InChI is InChI=1S/C17H18O3/c1-17(19-3)9-8-12-10-15(18-2)13-6-4-5-7-14(13)16(12)20-11-17/h4-10H,11H2,1-3H3. The molecule has 1 atom stereocenters. The summed E-state index contributed by atoms with van der Waals surface area (Å²) in [4.78, 5) is 0. The Bertz CT molecular complexity index is 675. The quantitative estimate of drug-likeness (QED) is 0.833. The SMILES string of the molecule is COc1cc2c(c3ccccc13)OCC(C)(OC)C=C2. The van der Waals surface area contributed by atoms with Crippen LogP contribution < -0.4 is 9.47 Å². The molecule has 0 bridgehead atoms. The topological polar surface area (TPSA) is 27.7 Å². The Hall–Kier alpha value is -2.00. The predicted octanol–water partition coefficient (Wildman–Crippen LogP) is 3.66. The van der Waals surface area contributed by atoms with E-state index in [-0.39, 0.29) is 0 Å². The maximum Gasteiger partial charge on any atom is 0.134 e. The van der Waals surface area contributed by atoms with Gasteiger partial charge in [-0.05, 0) is 19.1 Å². The average molecular weight is 270 g/mol. The van der Waals surface area contributed by atoms with Crippen molar-refractivity contribution in [2.75, 3.05) is 20.8 Å². The van der Waals surface area contributed by atoms with E-state index in [2.05, 4.69) is 6.07 Å². The number of fused-ring (bicyclic) bond motifs is 3. The second kappa shape index (κ2) is 4.84. The first-order chi connectivity index (χ1) is 9.67. The summed E-state index contributed by atoms with van der Waals surface area (Å²) in [5, 5.41) is 2.12. The monoisotopic (exact) mass is 270 g/mol. The third kappa shape index (κ3) is 2.04. The van der Waals surface area contributed by atoms with Crippen LogP contribution in [0.4, 0.5) is 0 Å². The van der Waals surface area contributed by atoms with Crippen LogP contribution in [0, 0.1) is 0 Å². The Labute approximate surface area is 118 Å². The molecule has 0 aromatic heterocycles. The first-order valence-corrected chi connectivity index (χ1v) is 6.64. The molecule has 3 nitrogen and oxygen atoms in total. The van der Waals surface area contributed by atoms with Gasteiger partial charge in [-0.15, -0.1) is 0 Å². The molecule has 1 aliphatic heterocycles. The molecule has 2 aromatic carbocycles. The third-order valence-electron chi connectivity index (χ3n) is 3.79. The van der Waals surface area contributed by atoms with Crippen LogP contribution in [0.25, 0.3) is 16.8 Å². The maximum atomic E-state index is 6.02. The van der Waals surface area contributed by atoms with Gasteiger partial charge in [-0.2, -0.15) is 0 Å². The van der Waals surface area contributed by atoms with Crippen molar-refractivity contribution in [1.82, 2.24) is 0 Å². The molecule has 0 saturated carbocycles. The minimum atomic E-state index is -0.409. The van der Waals surface area contributed by atoms with Gasteiger partial charge in [0.25, 0.3) is 0 Å². The second-order valence-electron chi connectivity index (χ2n) is 5.18. The molecule has 3 rings (SSSR count). The molecule has 0 fully saturated rings. The number of benzene rings is 2. The van der Waals surface area contributed by atoms with Gasteiger partial charge in [0.05, 0.1) is 7.11 Å². The van der Waals surface area contributed by atoms with Gasteiger partial charge in [0.1, 0.15) is 23.7 Å². The van der Waals surface area contributed by atoms with Crippen LogP contribution in [0.2, 0.25) is 0 Å². The molecule has 0 amide bonds. The van der Waals surface area contributed by atoms with Gasteiger partial charge in [0.15, 0.2) is 0 Å². The average Bonchev–Trinajstić information content (AvgIpc) is 2.67. The molecule has 20 heavy (non-hydrogen) atoms. The van der Waals surface area contributed by atoms with Gasteiger partial charge in [0.2, 0.25) is 0 Å². The van der Waals surface area contributed by atoms with E-state index in [1.54, 1.807) is 14.2 Å². The van der Waals surface area contributed by atoms with E-state index in [9.17, 15) is 0 Å². The lowest BCUT2D eigenvalue weighted by molar-refractivity contribution is 0.0110. The van der Waals surface area contributed by atoms with E-state index in [0.717, 1.165) is 27.8 Å². The molecule has 104 valence electrons. The molecule has 3 heteroatoms. The minimum absolute atomic E-state index is 0.409. The lowest BCUT2D eigenvalue weighted by Crippen LogP contribution is -2.31. The molecule has 2 aromatic rings. The largest absolute Gasteiger partial charge is 0.496 e. The number of hydrogen-bond acceptors (Lipinski definition) is 3. The highest BCUT2D eigenvalue weighted by atomic mass is 16.5. The van der Waals surface area contributed by atoms with Crippen LogP contribution in [0.15, 0.2) is 36.4 Å². The van der Waals surface area contributed by atoms with Gasteiger partial charge >= 0.3 is 0 Å². The highest BCUT2D eigenvalue weighted by Gasteiger charge is 2.25. The highest BCUT2D eigenvalue weighted by molar-refractivity contribution is 5.96. The third-order valence-corrected chi connectivity index (χ3v) is 3.79. The van der Waals surface area contributed by atoms with E-state index in [0.29, 0.717) is 6.61 Å². The number of ether oxygens (including phenoxy) is 3. The molecule has 0 radical (unpaired) electrons. The maximum absolute atomic E-state index is 6.02. The first-order valence-electron chi connectivity index (χ1n) is 6.64. The summed E-state index contributed by atoms with van der Waals surface area (Å²) in [5.41, 5.74) is 0.606. The summed E-state index contributed by atoms with van der Waals surface area (Å²) in [6.07, 6.45) is 4.08. The van der Waals surface area contributed by atoms with Crippen LogP contribution >= 0.6 is 0 Å². The minimum Gasteiger partial charge on any atom is -0.496 e. The van der Waals surface area contributed by atoms with Crippen LogP contribution in [0.5, 0.6) is 11.5 Å². The van der Waals surface area contributed by atoms with Gasteiger partial charge in [-0.3, -0.25) is 0 Å². The summed E-state index contributed by atoms with van der Waals surface area (Å²) in [7, 11) is 3.39. The van der Waals surface area contributed by atoms with E-state index in [1.165, 1.54) is 0 Å². The van der Waals surface area contributed by atoms with E-state index < -0.39 is 5.60 Å². The Morgan fingerprint density at radius 3 is 2.60 bits per heavy atom. The lowest BCUT2D eigenvalue weighted by atomic mass is 10.0. The van der Waals surface area contributed by atoms with Crippen LogP contribution in [0.3, 0.4) is 0 Å². The number of methoxy groups -OCH3 is 2. The van der Waals surface area contributed by atoms with E-state index >= 15 is 0 Å². The molecule has 0 saturated heterocycles. The molecular weight excluding hydrogens is 252 g/mol. The van der Waals surface area contributed by atoms with Crippen LogP contribution in [-0.2, 0) is 4.74 Å². The zero-order valence-corrected chi connectivity index (χ0v) is 12.0. The molecule has 1 aliphatic rings. The van der Waals surface area contributed by atoms with Crippen molar-refractivity contribution in [3.63, 3.8) is 0 Å². The zero-order valence-electron chi connectivity index (χ0n) is 12.0. The molecule has 0 N–H and O–H groups in total. The van der Waals surface area contributed by atoms with E-state index in [1.807, 2.05) is 43.3 Å². The van der Waals surface area contributed by atoms with Crippen molar-refractivity contribution in [2.24, 2.45) is 0 Å². The number of hydrogen-bond donors (Lipinski definition) is 0. The highest BCUT2D eigenvalue weighted by Crippen LogP contribution is 2.39. The Kier molecular flexibility index (Phi) is 3.14. The lowest BCUT2D eigenvalue weighted by Gasteiger charge is -2.23. The van der Waals surface area contributed by atoms with Crippen molar-refractivity contribution in [1.29, 1.82) is 0 Å². The molecule has 1 unspecified atom stereocenters. The summed E-state index contributed by atoms with van der Waals surface area (Å²) < 4.78 is 17.0. The Morgan fingerprint density at radius 2 is 1.90 bits per heavy atom. The van der Waals surface area contributed by atoms with Crippen LogP contribution in [0.1, 0.15) is 12.5 Å². The van der Waals surface area contributed by atoms with Crippen molar-refractivity contribution in [3.05, 3.63) is 42.0 Å². The number of rotatable bonds is 2. The summed E-state index contributed by atoms with van der Waals surface area (Å²) in [6, 6.07) is 10.1. The smallest absolute Gasteiger partial charge is 0.134 e. The molecule has 0 aliphatic carbocycles. The summed E-state index contributed by atoms with van der Waals surface area (Å²) >= 11 is 0. The van der Waals surface area contributed by atoms with Gasteiger partial charge in [0, 0.05) is 23.4 Å². The van der Waals surface area contributed by atoms with Crippen molar-refractivity contribution in [3.8, 4) is 11.5 Å². The first kappa shape index (κ1) is 13.0.